The number of benzene rings is 3. The summed E-state index contributed by atoms with van der Waals surface area (Å²) in [4.78, 5) is 25.1. The monoisotopic (exact) mass is 373 g/mol. The van der Waals surface area contributed by atoms with E-state index in [-0.39, 0.29) is 11.9 Å². The largest absolute Gasteiger partial charge is 0.449 e. The third kappa shape index (κ3) is 3.77. The predicted octanol–water partition coefficient (Wildman–Crippen LogP) is 4.58. The highest BCUT2D eigenvalue weighted by Gasteiger charge is 2.25. The van der Waals surface area contributed by atoms with Gasteiger partial charge in [0.05, 0.1) is 11.6 Å². The van der Waals surface area contributed by atoms with Crippen molar-refractivity contribution in [3.8, 4) is 0 Å². The highest BCUT2D eigenvalue weighted by molar-refractivity contribution is 5.96. The molecule has 2 atom stereocenters. The SMILES string of the molecule is C[C@@H](OC(=O)c1ccc2ccccc2c1)C(=O)N[C@@H]1CCCc2ccccc21. The standard InChI is InChI=1S/C24H23NO3/c1-16(23(26)25-22-12-6-10-18-8-4-5-11-21(18)22)28-24(27)20-14-13-17-7-2-3-9-19(17)15-20/h2-5,7-9,11,13-16,22H,6,10,12H2,1H3,(H,25,26)/t16-,22-/m1/s1. The summed E-state index contributed by atoms with van der Waals surface area (Å²) in [7, 11) is 0. The normalized spacial score (nSPS) is 16.8. The first-order valence-electron chi connectivity index (χ1n) is 9.70. The highest BCUT2D eigenvalue weighted by atomic mass is 16.5. The van der Waals surface area contributed by atoms with Crippen molar-refractivity contribution in [3.05, 3.63) is 83.4 Å². The molecule has 4 nitrogen and oxygen atoms in total. The molecule has 0 saturated carbocycles. The Morgan fingerprint density at radius 2 is 1.75 bits per heavy atom. The Morgan fingerprint density at radius 3 is 2.61 bits per heavy atom. The average Bonchev–Trinajstić information content (AvgIpc) is 2.73. The second-order valence-corrected chi connectivity index (χ2v) is 7.26. The van der Waals surface area contributed by atoms with Gasteiger partial charge in [0.1, 0.15) is 0 Å². The number of aryl methyl sites for hydroxylation is 1. The summed E-state index contributed by atoms with van der Waals surface area (Å²) in [6, 6.07) is 21.4. The van der Waals surface area contributed by atoms with E-state index in [1.165, 1.54) is 5.56 Å². The maximum absolute atomic E-state index is 12.6. The van der Waals surface area contributed by atoms with Crippen LogP contribution in [0, 0.1) is 0 Å². The van der Waals surface area contributed by atoms with Crippen molar-refractivity contribution >= 4 is 22.6 Å². The van der Waals surface area contributed by atoms with Crippen molar-refractivity contribution in [1.29, 1.82) is 0 Å². The molecule has 142 valence electrons. The van der Waals surface area contributed by atoms with Crippen LogP contribution in [0.1, 0.15) is 47.3 Å². The molecular formula is C24H23NO3. The van der Waals surface area contributed by atoms with Crippen molar-refractivity contribution in [2.75, 3.05) is 0 Å². The van der Waals surface area contributed by atoms with Gasteiger partial charge in [0, 0.05) is 0 Å². The van der Waals surface area contributed by atoms with Gasteiger partial charge in [0.15, 0.2) is 6.10 Å². The van der Waals surface area contributed by atoms with E-state index in [0.717, 1.165) is 35.6 Å². The van der Waals surface area contributed by atoms with Crippen molar-refractivity contribution in [3.63, 3.8) is 0 Å². The van der Waals surface area contributed by atoms with E-state index < -0.39 is 12.1 Å². The Bertz CT molecular complexity index is 1030. The zero-order chi connectivity index (χ0) is 19.5. The molecule has 0 heterocycles. The Morgan fingerprint density at radius 1 is 1.00 bits per heavy atom. The number of amides is 1. The van der Waals surface area contributed by atoms with Crippen LogP contribution in [0.25, 0.3) is 10.8 Å². The molecule has 28 heavy (non-hydrogen) atoms. The van der Waals surface area contributed by atoms with Gasteiger partial charge in [-0.25, -0.2) is 4.79 Å². The summed E-state index contributed by atoms with van der Waals surface area (Å²) in [6.07, 6.45) is 2.11. The van der Waals surface area contributed by atoms with Crippen LogP contribution in [0.4, 0.5) is 0 Å². The van der Waals surface area contributed by atoms with Gasteiger partial charge in [-0.05, 0) is 60.2 Å². The molecule has 3 aromatic carbocycles. The van der Waals surface area contributed by atoms with E-state index in [2.05, 4.69) is 17.4 Å². The summed E-state index contributed by atoms with van der Waals surface area (Å²) in [5.74, 6) is -0.756. The van der Waals surface area contributed by atoms with Crippen LogP contribution in [0.5, 0.6) is 0 Å². The van der Waals surface area contributed by atoms with E-state index in [4.69, 9.17) is 4.74 Å². The number of carbonyl (C=O) groups is 2. The van der Waals surface area contributed by atoms with Crippen LogP contribution >= 0.6 is 0 Å². The van der Waals surface area contributed by atoms with Gasteiger partial charge < -0.3 is 10.1 Å². The zero-order valence-electron chi connectivity index (χ0n) is 15.9. The van der Waals surface area contributed by atoms with Gasteiger partial charge in [0.25, 0.3) is 5.91 Å². The lowest BCUT2D eigenvalue weighted by molar-refractivity contribution is -0.130. The Kier molecular flexibility index (Phi) is 5.11. The van der Waals surface area contributed by atoms with Crippen molar-refractivity contribution in [2.45, 2.75) is 38.3 Å². The molecule has 0 unspecified atom stereocenters. The minimum absolute atomic E-state index is 0.0285. The molecule has 0 fully saturated rings. The fourth-order valence-corrected chi connectivity index (χ4v) is 3.79. The molecule has 0 spiro atoms. The molecule has 0 saturated heterocycles. The number of hydrogen-bond donors (Lipinski definition) is 1. The van der Waals surface area contributed by atoms with E-state index in [1.54, 1.807) is 19.1 Å². The van der Waals surface area contributed by atoms with Crippen molar-refractivity contribution < 1.29 is 14.3 Å². The summed E-state index contributed by atoms with van der Waals surface area (Å²) >= 11 is 0. The quantitative estimate of drug-likeness (QED) is 0.681. The predicted molar refractivity (Wildman–Crippen MR) is 109 cm³/mol. The first-order valence-corrected chi connectivity index (χ1v) is 9.70. The lowest BCUT2D eigenvalue weighted by Crippen LogP contribution is -2.39. The van der Waals surface area contributed by atoms with Crippen LogP contribution < -0.4 is 5.32 Å². The first kappa shape index (κ1) is 18.2. The number of rotatable bonds is 4. The van der Waals surface area contributed by atoms with E-state index in [1.807, 2.05) is 42.5 Å². The number of esters is 1. The summed E-state index contributed by atoms with van der Waals surface area (Å²) in [5.41, 5.74) is 2.89. The van der Waals surface area contributed by atoms with E-state index in [9.17, 15) is 9.59 Å². The molecule has 3 aromatic rings. The number of hydrogen-bond acceptors (Lipinski definition) is 3. The fraction of sp³-hybridized carbons (Fsp3) is 0.250. The summed E-state index contributed by atoms with van der Waals surface area (Å²) in [6.45, 7) is 1.61. The van der Waals surface area contributed by atoms with Crippen molar-refractivity contribution in [2.24, 2.45) is 0 Å². The lowest BCUT2D eigenvalue weighted by Gasteiger charge is -2.27. The second-order valence-electron chi connectivity index (χ2n) is 7.26. The fourth-order valence-electron chi connectivity index (χ4n) is 3.79. The molecular weight excluding hydrogens is 350 g/mol. The van der Waals surface area contributed by atoms with Gasteiger partial charge in [0.2, 0.25) is 0 Å². The van der Waals surface area contributed by atoms with Gasteiger partial charge in [-0.15, -0.1) is 0 Å². The van der Waals surface area contributed by atoms with Crippen molar-refractivity contribution in [1.82, 2.24) is 5.32 Å². The molecule has 0 radical (unpaired) electrons. The smallest absolute Gasteiger partial charge is 0.338 e. The van der Waals surface area contributed by atoms with Gasteiger partial charge >= 0.3 is 5.97 Å². The Labute approximate surface area is 164 Å². The van der Waals surface area contributed by atoms with Crippen LogP contribution in [-0.2, 0) is 16.0 Å². The molecule has 4 rings (SSSR count). The zero-order valence-corrected chi connectivity index (χ0v) is 15.9. The van der Waals surface area contributed by atoms with Crippen LogP contribution in [0.15, 0.2) is 66.7 Å². The Hall–Kier alpha value is -3.14. The molecule has 1 N–H and O–H groups in total. The molecule has 0 aliphatic heterocycles. The molecule has 0 aromatic heterocycles. The van der Waals surface area contributed by atoms with Crippen LogP contribution in [-0.4, -0.2) is 18.0 Å². The molecule has 0 bridgehead atoms. The number of carbonyl (C=O) groups excluding carboxylic acids is 2. The van der Waals surface area contributed by atoms with E-state index in [0.29, 0.717) is 5.56 Å². The molecule has 4 heteroatoms. The maximum atomic E-state index is 12.6. The minimum atomic E-state index is -0.854. The lowest BCUT2D eigenvalue weighted by atomic mass is 9.87. The average molecular weight is 373 g/mol. The number of ether oxygens (including phenoxy) is 1. The maximum Gasteiger partial charge on any atom is 0.338 e. The Balaban J connectivity index is 1.42. The molecule has 1 aliphatic carbocycles. The highest BCUT2D eigenvalue weighted by Crippen LogP contribution is 2.29. The third-order valence-corrected chi connectivity index (χ3v) is 5.32. The summed E-state index contributed by atoms with van der Waals surface area (Å²) in [5, 5.41) is 5.07. The minimum Gasteiger partial charge on any atom is -0.449 e. The molecule has 1 aliphatic rings. The van der Waals surface area contributed by atoms with Crippen LogP contribution in [0.2, 0.25) is 0 Å². The number of fused-ring (bicyclic) bond motifs is 2. The second kappa shape index (κ2) is 7.85. The third-order valence-electron chi connectivity index (χ3n) is 5.32. The van der Waals surface area contributed by atoms with Gasteiger partial charge in [-0.2, -0.15) is 0 Å². The van der Waals surface area contributed by atoms with Gasteiger partial charge in [-0.3, -0.25) is 4.79 Å². The van der Waals surface area contributed by atoms with Crippen LogP contribution in [0.3, 0.4) is 0 Å². The topological polar surface area (TPSA) is 55.4 Å². The summed E-state index contributed by atoms with van der Waals surface area (Å²) < 4.78 is 5.43. The molecule has 1 amide bonds. The number of nitrogens with one attached hydrogen (secondary N) is 1. The van der Waals surface area contributed by atoms with Gasteiger partial charge in [-0.1, -0.05) is 54.6 Å². The first-order chi connectivity index (χ1) is 13.6. The van der Waals surface area contributed by atoms with E-state index >= 15 is 0 Å².